The molecule has 0 unspecified atom stereocenters. The van der Waals surface area contributed by atoms with Crippen molar-refractivity contribution in [2.45, 2.75) is 25.5 Å². The Balaban J connectivity index is 1.61. The summed E-state index contributed by atoms with van der Waals surface area (Å²) in [6, 6.07) is 10.8. The second-order valence-electron chi connectivity index (χ2n) is 5.65. The number of rotatable bonds is 4. The highest BCUT2D eigenvalue weighted by atomic mass is 16.7. The highest BCUT2D eigenvalue weighted by Gasteiger charge is 2.37. The van der Waals surface area contributed by atoms with Crippen LogP contribution < -0.4 is 4.84 Å². The zero-order valence-electron chi connectivity index (χ0n) is 13.4. The molecule has 1 amide bonds. The van der Waals surface area contributed by atoms with Gasteiger partial charge in [0, 0.05) is 18.7 Å². The number of benzene rings is 1. The van der Waals surface area contributed by atoms with Gasteiger partial charge >= 0.3 is 12.1 Å². The van der Waals surface area contributed by atoms with E-state index < -0.39 is 29.9 Å². The van der Waals surface area contributed by atoms with E-state index in [1.165, 1.54) is 17.0 Å². The van der Waals surface area contributed by atoms with Crippen molar-refractivity contribution in [3.63, 3.8) is 0 Å². The first-order valence-corrected chi connectivity index (χ1v) is 7.85. The van der Waals surface area contributed by atoms with Crippen LogP contribution in [0.15, 0.2) is 42.5 Å². The molecule has 0 saturated carbocycles. The van der Waals surface area contributed by atoms with E-state index in [4.69, 9.17) is 9.57 Å². The zero-order chi connectivity index (χ0) is 17.8. The van der Waals surface area contributed by atoms with Gasteiger partial charge in [0.15, 0.2) is 0 Å². The largest absolute Gasteiger partial charge is 0.492 e. The van der Waals surface area contributed by atoms with Crippen LogP contribution in [0, 0.1) is 0 Å². The van der Waals surface area contributed by atoms with Gasteiger partial charge in [0.2, 0.25) is 11.8 Å². The quantitative estimate of drug-likeness (QED) is 0.873. The lowest BCUT2D eigenvalue weighted by molar-refractivity contribution is -0.150. The molecule has 1 atom stereocenters. The molecular weight excluding hydrogens is 328 g/mol. The SMILES string of the molecule is O=C(On1c(O)ccc1O)[C@H]1CCCN1C(=O)OCc1ccccc1. The third kappa shape index (κ3) is 3.68. The van der Waals surface area contributed by atoms with Crippen LogP contribution in [-0.2, 0) is 16.1 Å². The number of carbonyl (C=O) groups is 2. The van der Waals surface area contributed by atoms with Crippen molar-refractivity contribution in [1.29, 1.82) is 0 Å². The van der Waals surface area contributed by atoms with Gasteiger partial charge in [-0.2, -0.15) is 0 Å². The topological polar surface area (TPSA) is 101 Å². The fraction of sp³-hybridized carbons (Fsp3) is 0.294. The summed E-state index contributed by atoms with van der Waals surface area (Å²) >= 11 is 0. The van der Waals surface area contributed by atoms with E-state index in [2.05, 4.69) is 0 Å². The summed E-state index contributed by atoms with van der Waals surface area (Å²) in [7, 11) is 0. The molecule has 1 aliphatic rings. The normalized spacial score (nSPS) is 16.6. The molecule has 8 nitrogen and oxygen atoms in total. The summed E-state index contributed by atoms with van der Waals surface area (Å²) in [5.74, 6) is -1.58. The van der Waals surface area contributed by atoms with Crippen LogP contribution in [0.25, 0.3) is 0 Å². The Morgan fingerprint density at radius 3 is 2.44 bits per heavy atom. The monoisotopic (exact) mass is 346 g/mol. The number of ether oxygens (including phenoxy) is 1. The van der Waals surface area contributed by atoms with Crippen LogP contribution in [0.4, 0.5) is 4.79 Å². The highest BCUT2D eigenvalue weighted by Crippen LogP contribution is 2.22. The maximum absolute atomic E-state index is 12.3. The van der Waals surface area contributed by atoms with Gasteiger partial charge in [0.1, 0.15) is 12.6 Å². The summed E-state index contributed by atoms with van der Waals surface area (Å²) in [6.07, 6.45) is 0.440. The molecule has 25 heavy (non-hydrogen) atoms. The maximum Gasteiger partial charge on any atom is 0.410 e. The van der Waals surface area contributed by atoms with Crippen molar-refractivity contribution < 1.29 is 29.4 Å². The third-order valence-electron chi connectivity index (χ3n) is 3.94. The molecule has 1 aromatic carbocycles. The Hall–Kier alpha value is -3.16. The fourth-order valence-electron chi connectivity index (χ4n) is 2.68. The van der Waals surface area contributed by atoms with E-state index in [9.17, 15) is 19.8 Å². The lowest BCUT2D eigenvalue weighted by Gasteiger charge is -2.22. The van der Waals surface area contributed by atoms with Crippen molar-refractivity contribution in [2.24, 2.45) is 0 Å². The van der Waals surface area contributed by atoms with Gasteiger partial charge in [-0.05, 0) is 18.4 Å². The Labute approximate surface area is 143 Å². The second kappa shape index (κ2) is 7.16. The summed E-state index contributed by atoms with van der Waals surface area (Å²) in [5.41, 5.74) is 0.844. The minimum Gasteiger partial charge on any atom is -0.492 e. The van der Waals surface area contributed by atoms with E-state index in [0.717, 1.165) is 5.56 Å². The van der Waals surface area contributed by atoms with Crippen LogP contribution in [0.3, 0.4) is 0 Å². The molecule has 1 aliphatic heterocycles. The zero-order valence-corrected chi connectivity index (χ0v) is 13.4. The van der Waals surface area contributed by atoms with Crippen LogP contribution in [0.5, 0.6) is 11.8 Å². The number of likely N-dealkylation sites (tertiary alicyclic amines) is 1. The number of carbonyl (C=O) groups excluding carboxylic acids is 2. The molecule has 8 heteroatoms. The van der Waals surface area contributed by atoms with Gasteiger partial charge in [-0.25, -0.2) is 9.59 Å². The van der Waals surface area contributed by atoms with Crippen molar-refractivity contribution in [3.8, 4) is 11.8 Å². The van der Waals surface area contributed by atoms with Gasteiger partial charge in [0.25, 0.3) is 0 Å². The number of aromatic nitrogens is 1. The minimum atomic E-state index is -0.829. The van der Waals surface area contributed by atoms with Crippen molar-refractivity contribution >= 4 is 12.1 Å². The first-order valence-electron chi connectivity index (χ1n) is 7.85. The predicted octanol–water partition coefficient (Wildman–Crippen LogP) is 1.66. The Bertz CT molecular complexity index is 738. The highest BCUT2D eigenvalue weighted by molar-refractivity contribution is 5.82. The number of nitrogens with zero attached hydrogens (tertiary/aromatic N) is 2. The predicted molar refractivity (Wildman–Crippen MR) is 85.7 cm³/mol. The van der Waals surface area contributed by atoms with Gasteiger partial charge in [0.05, 0.1) is 0 Å². The summed E-state index contributed by atoms with van der Waals surface area (Å²) in [4.78, 5) is 30.8. The van der Waals surface area contributed by atoms with Gasteiger partial charge < -0.3 is 19.8 Å². The number of amides is 1. The van der Waals surface area contributed by atoms with Gasteiger partial charge in [-0.1, -0.05) is 30.3 Å². The molecule has 1 aromatic heterocycles. The van der Waals surface area contributed by atoms with E-state index in [0.29, 0.717) is 24.1 Å². The average molecular weight is 346 g/mol. The molecule has 0 radical (unpaired) electrons. The maximum atomic E-state index is 12.3. The molecule has 2 aromatic rings. The molecule has 0 bridgehead atoms. The first kappa shape index (κ1) is 16.7. The number of hydrogen-bond donors (Lipinski definition) is 2. The Morgan fingerprint density at radius 2 is 1.76 bits per heavy atom. The first-order chi connectivity index (χ1) is 12.1. The van der Waals surface area contributed by atoms with E-state index in [-0.39, 0.29) is 6.61 Å². The van der Waals surface area contributed by atoms with Crippen molar-refractivity contribution in [2.75, 3.05) is 6.54 Å². The molecule has 0 spiro atoms. The molecule has 132 valence electrons. The van der Waals surface area contributed by atoms with E-state index in [1.807, 2.05) is 30.3 Å². The van der Waals surface area contributed by atoms with Crippen LogP contribution in [0.2, 0.25) is 0 Å². The Morgan fingerprint density at radius 1 is 1.08 bits per heavy atom. The number of aromatic hydroxyl groups is 2. The molecule has 1 fully saturated rings. The molecular formula is C17H18N2O6. The van der Waals surface area contributed by atoms with E-state index in [1.54, 1.807) is 0 Å². The smallest absolute Gasteiger partial charge is 0.410 e. The molecule has 2 N–H and O–H groups in total. The molecule has 2 heterocycles. The lowest BCUT2D eigenvalue weighted by atomic mass is 10.2. The van der Waals surface area contributed by atoms with Crippen molar-refractivity contribution in [3.05, 3.63) is 48.0 Å². The summed E-state index contributed by atoms with van der Waals surface area (Å²) in [5, 5.41) is 19.1. The standard InChI is InChI=1S/C17H18N2O6/c20-14-8-9-15(21)19(14)25-16(22)13-7-4-10-18(13)17(23)24-11-12-5-2-1-3-6-12/h1-3,5-6,8-9,13,20-21H,4,7,10-11H2/t13-/m1/s1. The fourth-order valence-corrected chi connectivity index (χ4v) is 2.68. The second-order valence-corrected chi connectivity index (χ2v) is 5.65. The van der Waals surface area contributed by atoms with Crippen LogP contribution >= 0.6 is 0 Å². The van der Waals surface area contributed by atoms with Gasteiger partial charge in [-0.3, -0.25) is 4.90 Å². The minimum absolute atomic E-state index is 0.108. The molecule has 1 saturated heterocycles. The lowest BCUT2D eigenvalue weighted by Crippen LogP contribution is -2.44. The van der Waals surface area contributed by atoms with Crippen molar-refractivity contribution in [1.82, 2.24) is 9.63 Å². The number of hydrogen-bond acceptors (Lipinski definition) is 6. The summed E-state index contributed by atoms with van der Waals surface area (Å²) in [6.45, 7) is 0.480. The Kier molecular flexibility index (Phi) is 4.78. The summed E-state index contributed by atoms with van der Waals surface area (Å²) < 4.78 is 5.85. The van der Waals surface area contributed by atoms with E-state index >= 15 is 0 Å². The molecule has 3 rings (SSSR count). The molecule has 0 aliphatic carbocycles. The van der Waals surface area contributed by atoms with Crippen LogP contribution in [0.1, 0.15) is 18.4 Å². The third-order valence-corrected chi connectivity index (χ3v) is 3.94. The van der Waals surface area contributed by atoms with Crippen LogP contribution in [-0.4, -0.2) is 44.5 Å². The van der Waals surface area contributed by atoms with Gasteiger partial charge in [-0.15, -0.1) is 4.73 Å². The average Bonchev–Trinajstić information content (AvgIpc) is 3.23.